The average Bonchev–Trinajstić information content (AvgIpc) is 2.57. The van der Waals surface area contributed by atoms with Crippen molar-refractivity contribution in [1.29, 1.82) is 0 Å². The second-order valence-electron chi connectivity index (χ2n) is 6.08. The molecule has 1 aliphatic rings. The smallest absolute Gasteiger partial charge is 0.0700 e. The van der Waals surface area contributed by atoms with Crippen LogP contribution in [-0.2, 0) is 0 Å². The third-order valence-corrected chi connectivity index (χ3v) is 4.22. The van der Waals surface area contributed by atoms with Crippen LogP contribution in [0.3, 0.4) is 0 Å². The average molecular weight is 249 g/mol. The molecule has 0 spiro atoms. The van der Waals surface area contributed by atoms with Crippen LogP contribution in [0.4, 0.5) is 0 Å². The summed E-state index contributed by atoms with van der Waals surface area (Å²) >= 11 is 0. The van der Waals surface area contributed by atoms with Gasteiger partial charge < -0.3 is 5.32 Å². The summed E-state index contributed by atoms with van der Waals surface area (Å²) in [7, 11) is 0. The maximum atomic E-state index is 4.72. The van der Waals surface area contributed by atoms with Gasteiger partial charge in [-0.1, -0.05) is 20.8 Å². The summed E-state index contributed by atoms with van der Waals surface area (Å²) in [4.78, 5) is 0. The van der Waals surface area contributed by atoms with Gasteiger partial charge in [0.1, 0.15) is 0 Å². The molecule has 0 radical (unpaired) electrons. The maximum Gasteiger partial charge on any atom is 0.0700 e. The fourth-order valence-electron chi connectivity index (χ4n) is 3.67. The van der Waals surface area contributed by atoms with Gasteiger partial charge in [-0.25, -0.2) is 0 Å². The highest BCUT2D eigenvalue weighted by molar-refractivity contribution is 5.09. The molecule has 1 heterocycles. The summed E-state index contributed by atoms with van der Waals surface area (Å²) < 4.78 is 2.26. The molecule has 1 saturated carbocycles. The Bertz CT molecular complexity index is 396. The molecule has 4 unspecified atom stereocenters. The number of hydrogen-bond acceptors (Lipinski definition) is 2. The molecular formula is C15H27N3. The lowest BCUT2D eigenvalue weighted by Crippen LogP contribution is -2.45. The molecule has 2 rings (SSSR count). The quantitative estimate of drug-likeness (QED) is 0.892. The van der Waals surface area contributed by atoms with E-state index in [4.69, 9.17) is 5.10 Å². The Hall–Kier alpha value is -0.830. The van der Waals surface area contributed by atoms with E-state index in [-0.39, 0.29) is 0 Å². The van der Waals surface area contributed by atoms with Crippen molar-refractivity contribution in [3.05, 3.63) is 17.5 Å². The maximum absolute atomic E-state index is 4.72. The van der Waals surface area contributed by atoms with Gasteiger partial charge in [-0.05, 0) is 51.1 Å². The first-order valence-electron chi connectivity index (χ1n) is 7.29. The lowest BCUT2D eigenvalue weighted by atomic mass is 9.76. The van der Waals surface area contributed by atoms with Crippen molar-refractivity contribution < 1.29 is 0 Å². The Labute approximate surface area is 111 Å². The molecule has 1 aliphatic carbocycles. The molecule has 4 atom stereocenters. The molecule has 3 heteroatoms. The molecule has 0 amide bonds. The third-order valence-electron chi connectivity index (χ3n) is 4.22. The minimum absolute atomic E-state index is 0.509. The molecule has 0 aromatic carbocycles. The largest absolute Gasteiger partial charge is 0.312 e. The van der Waals surface area contributed by atoms with E-state index >= 15 is 0 Å². The van der Waals surface area contributed by atoms with Crippen LogP contribution in [0.25, 0.3) is 0 Å². The molecular weight excluding hydrogens is 222 g/mol. The number of aryl methyl sites for hydroxylation is 2. The Balaban J connectivity index is 2.29. The number of aromatic nitrogens is 2. The van der Waals surface area contributed by atoms with Gasteiger partial charge in [0.2, 0.25) is 0 Å². The fraction of sp³-hybridized carbons (Fsp3) is 0.800. The molecule has 1 aromatic heterocycles. The van der Waals surface area contributed by atoms with E-state index in [1.54, 1.807) is 0 Å². The Morgan fingerprint density at radius 3 is 2.61 bits per heavy atom. The van der Waals surface area contributed by atoms with Gasteiger partial charge in [-0.15, -0.1) is 0 Å². The molecule has 3 nitrogen and oxygen atoms in total. The van der Waals surface area contributed by atoms with E-state index in [0.29, 0.717) is 18.0 Å². The normalized spacial score (nSPS) is 32.7. The standard InChI is InChI=1S/C15H27N3/c1-6-16-14-8-10(2)7-11(3)15(14)18-13(5)9-12(4)17-18/h9-11,14-16H,6-8H2,1-5H3. The lowest BCUT2D eigenvalue weighted by Gasteiger charge is -2.40. The van der Waals surface area contributed by atoms with Crippen molar-refractivity contribution in [3.8, 4) is 0 Å². The molecule has 102 valence electrons. The van der Waals surface area contributed by atoms with Gasteiger partial charge in [0.25, 0.3) is 0 Å². The van der Waals surface area contributed by atoms with E-state index in [0.717, 1.165) is 18.2 Å². The molecule has 0 saturated heterocycles. The zero-order valence-corrected chi connectivity index (χ0v) is 12.4. The topological polar surface area (TPSA) is 29.9 Å². The van der Waals surface area contributed by atoms with Crippen molar-refractivity contribution in [1.82, 2.24) is 15.1 Å². The second-order valence-corrected chi connectivity index (χ2v) is 6.08. The Morgan fingerprint density at radius 2 is 2.06 bits per heavy atom. The van der Waals surface area contributed by atoms with Crippen LogP contribution in [0.15, 0.2) is 6.07 Å². The van der Waals surface area contributed by atoms with Crippen LogP contribution in [0.1, 0.15) is 51.0 Å². The van der Waals surface area contributed by atoms with Crippen LogP contribution in [0.2, 0.25) is 0 Å². The lowest BCUT2D eigenvalue weighted by molar-refractivity contribution is 0.142. The summed E-state index contributed by atoms with van der Waals surface area (Å²) in [6, 6.07) is 3.26. The van der Waals surface area contributed by atoms with E-state index in [1.165, 1.54) is 18.5 Å². The summed E-state index contributed by atoms with van der Waals surface area (Å²) in [5.74, 6) is 1.51. The molecule has 0 aliphatic heterocycles. The number of nitrogens with zero attached hydrogens (tertiary/aromatic N) is 2. The molecule has 1 N–H and O–H groups in total. The number of likely N-dealkylation sites (N-methyl/N-ethyl adjacent to an activating group) is 1. The number of rotatable bonds is 3. The van der Waals surface area contributed by atoms with Crippen molar-refractivity contribution in [3.63, 3.8) is 0 Å². The van der Waals surface area contributed by atoms with Crippen molar-refractivity contribution in [2.75, 3.05) is 6.54 Å². The van der Waals surface area contributed by atoms with Crippen molar-refractivity contribution >= 4 is 0 Å². The van der Waals surface area contributed by atoms with E-state index in [2.05, 4.69) is 50.7 Å². The second kappa shape index (κ2) is 5.43. The zero-order valence-electron chi connectivity index (χ0n) is 12.4. The van der Waals surface area contributed by atoms with Gasteiger partial charge in [0.15, 0.2) is 0 Å². The number of nitrogens with one attached hydrogen (secondary N) is 1. The van der Waals surface area contributed by atoms with Gasteiger partial charge in [-0.3, -0.25) is 4.68 Å². The van der Waals surface area contributed by atoms with Crippen LogP contribution in [0, 0.1) is 25.7 Å². The predicted molar refractivity (Wildman–Crippen MR) is 75.8 cm³/mol. The first kappa shape index (κ1) is 13.6. The first-order chi connectivity index (χ1) is 8.52. The first-order valence-corrected chi connectivity index (χ1v) is 7.29. The monoisotopic (exact) mass is 249 g/mol. The highest BCUT2D eigenvalue weighted by Gasteiger charge is 2.35. The summed E-state index contributed by atoms with van der Waals surface area (Å²) in [6.07, 6.45) is 2.58. The zero-order chi connectivity index (χ0) is 13.3. The summed E-state index contributed by atoms with van der Waals surface area (Å²) in [5.41, 5.74) is 2.43. The number of hydrogen-bond donors (Lipinski definition) is 1. The van der Waals surface area contributed by atoms with E-state index in [1.807, 2.05) is 0 Å². The van der Waals surface area contributed by atoms with Crippen molar-refractivity contribution in [2.24, 2.45) is 11.8 Å². The SMILES string of the molecule is CCNC1CC(C)CC(C)C1n1nc(C)cc1C. The molecule has 1 fully saturated rings. The van der Waals surface area contributed by atoms with Crippen molar-refractivity contribution in [2.45, 2.75) is 59.5 Å². The third kappa shape index (κ3) is 2.61. The fourth-order valence-corrected chi connectivity index (χ4v) is 3.67. The van der Waals surface area contributed by atoms with Gasteiger partial charge in [0, 0.05) is 11.7 Å². The van der Waals surface area contributed by atoms with Crippen LogP contribution in [0.5, 0.6) is 0 Å². The predicted octanol–water partition coefficient (Wildman–Crippen LogP) is 3.09. The summed E-state index contributed by atoms with van der Waals surface area (Å²) in [6.45, 7) is 12.2. The van der Waals surface area contributed by atoms with Gasteiger partial charge in [-0.2, -0.15) is 5.10 Å². The molecule has 18 heavy (non-hydrogen) atoms. The van der Waals surface area contributed by atoms with Crippen LogP contribution < -0.4 is 5.32 Å². The van der Waals surface area contributed by atoms with E-state index in [9.17, 15) is 0 Å². The minimum Gasteiger partial charge on any atom is -0.312 e. The Kier molecular flexibility index (Phi) is 4.10. The summed E-state index contributed by atoms with van der Waals surface area (Å²) in [5, 5.41) is 8.39. The highest BCUT2D eigenvalue weighted by atomic mass is 15.3. The highest BCUT2D eigenvalue weighted by Crippen LogP contribution is 2.37. The minimum atomic E-state index is 0.509. The van der Waals surface area contributed by atoms with Crippen LogP contribution in [-0.4, -0.2) is 22.4 Å². The van der Waals surface area contributed by atoms with Crippen LogP contribution >= 0.6 is 0 Å². The molecule has 0 bridgehead atoms. The molecule has 1 aromatic rings. The Morgan fingerprint density at radius 1 is 1.33 bits per heavy atom. The van der Waals surface area contributed by atoms with E-state index < -0.39 is 0 Å². The van der Waals surface area contributed by atoms with Gasteiger partial charge >= 0.3 is 0 Å². The van der Waals surface area contributed by atoms with Gasteiger partial charge in [0.05, 0.1) is 11.7 Å².